The monoisotopic (exact) mass is 128 g/mol. The molecule has 2 aliphatic rings. The molecule has 1 atom stereocenters. The summed E-state index contributed by atoms with van der Waals surface area (Å²) in [5, 5.41) is 0. The first-order valence-electron chi connectivity index (χ1n) is 2.59. The van der Waals surface area contributed by atoms with E-state index in [0.29, 0.717) is 0 Å². The van der Waals surface area contributed by atoms with Crippen LogP contribution >= 0.6 is 0 Å². The summed E-state index contributed by atoms with van der Waals surface area (Å²) in [4.78, 5) is 9.00. The van der Waals surface area contributed by atoms with Crippen molar-refractivity contribution in [2.24, 2.45) is 17.4 Å². The molecule has 0 aromatic carbocycles. The number of ether oxygens (including phenoxy) is 1. The summed E-state index contributed by atoms with van der Waals surface area (Å²) in [6, 6.07) is -0.833. The van der Waals surface area contributed by atoms with Crippen molar-refractivity contribution >= 4 is 6.03 Å². The van der Waals surface area contributed by atoms with Gasteiger partial charge in [0.25, 0.3) is 0 Å². The van der Waals surface area contributed by atoms with E-state index < -0.39 is 6.03 Å². The van der Waals surface area contributed by atoms with E-state index in [2.05, 4.69) is 17.5 Å². The van der Waals surface area contributed by atoms with E-state index in [-0.39, 0.29) is 0 Å². The molecule has 4 nitrogen and oxygen atoms in total. The molecule has 50 valence electrons. The van der Waals surface area contributed by atoms with Crippen LogP contribution in [0.2, 0.25) is 0 Å². The first-order chi connectivity index (χ1) is 4.20. The van der Waals surface area contributed by atoms with Crippen molar-refractivity contribution in [1.29, 1.82) is 0 Å². The van der Waals surface area contributed by atoms with Crippen molar-refractivity contribution in [3.05, 3.63) is 11.8 Å². The third kappa shape index (κ3) is 1.64. The van der Waals surface area contributed by atoms with Gasteiger partial charge in [0.05, 0.1) is 5.92 Å². The Balaban J connectivity index is 0.0000000945. The van der Waals surface area contributed by atoms with Crippen LogP contribution in [0.25, 0.3) is 0 Å². The lowest BCUT2D eigenvalue weighted by atomic mass is 10.3. The molecule has 1 heterocycles. The summed E-state index contributed by atoms with van der Waals surface area (Å²) in [7, 11) is 0. The topological polar surface area (TPSA) is 78.3 Å². The number of rotatable bonds is 0. The molecule has 1 aliphatic heterocycles. The molecule has 1 aliphatic carbocycles. The molecule has 2 amide bonds. The summed E-state index contributed by atoms with van der Waals surface area (Å²) in [6.07, 6.45) is 2.14. The van der Waals surface area contributed by atoms with E-state index in [4.69, 9.17) is 9.53 Å². The van der Waals surface area contributed by atoms with E-state index in [9.17, 15) is 0 Å². The minimum atomic E-state index is -0.833. The van der Waals surface area contributed by atoms with Crippen LogP contribution in [0.3, 0.4) is 0 Å². The van der Waals surface area contributed by atoms with Crippen LogP contribution in [0.15, 0.2) is 11.8 Å². The SMILES string of the molecule is C1=C2OCC12.NC(N)=O. The second-order valence-electron chi connectivity index (χ2n) is 1.89. The van der Waals surface area contributed by atoms with Gasteiger partial charge in [0.15, 0.2) is 0 Å². The smallest absolute Gasteiger partial charge is 0.309 e. The Bertz CT molecular complexity index is 160. The molecule has 0 radical (unpaired) electrons. The van der Waals surface area contributed by atoms with Crippen LogP contribution in [0.1, 0.15) is 0 Å². The van der Waals surface area contributed by atoms with E-state index in [1.165, 1.54) is 5.76 Å². The molecule has 1 unspecified atom stereocenters. The first-order valence-corrected chi connectivity index (χ1v) is 2.59. The molecular formula is C5H8N2O2. The average molecular weight is 128 g/mol. The molecule has 1 fully saturated rings. The van der Waals surface area contributed by atoms with Crippen molar-refractivity contribution in [3.8, 4) is 0 Å². The number of carbonyl (C=O) groups is 1. The zero-order valence-electron chi connectivity index (χ0n) is 4.83. The highest BCUT2D eigenvalue weighted by atomic mass is 16.5. The van der Waals surface area contributed by atoms with Crippen molar-refractivity contribution in [2.75, 3.05) is 6.61 Å². The molecule has 1 saturated heterocycles. The molecular weight excluding hydrogens is 120 g/mol. The highest BCUT2D eigenvalue weighted by Crippen LogP contribution is 2.39. The van der Waals surface area contributed by atoms with Gasteiger partial charge in [0, 0.05) is 0 Å². The lowest BCUT2D eigenvalue weighted by Crippen LogP contribution is -2.18. The van der Waals surface area contributed by atoms with Crippen molar-refractivity contribution in [2.45, 2.75) is 0 Å². The van der Waals surface area contributed by atoms with Crippen LogP contribution in [0, 0.1) is 5.92 Å². The number of carbonyl (C=O) groups excluding carboxylic acids is 1. The van der Waals surface area contributed by atoms with Crippen molar-refractivity contribution < 1.29 is 9.53 Å². The second kappa shape index (κ2) is 1.97. The number of nitrogens with two attached hydrogens (primary N) is 2. The van der Waals surface area contributed by atoms with Crippen LogP contribution in [0.4, 0.5) is 4.79 Å². The standard InChI is InChI=1S/C4H4O.CH4N2O/c1-3-2-5-4(1)3;2-1(3)4/h1,3H,2H2;(H4,2,3,4). The Morgan fingerprint density at radius 2 is 2.22 bits per heavy atom. The third-order valence-electron chi connectivity index (χ3n) is 1.05. The fourth-order valence-electron chi connectivity index (χ4n) is 0.522. The van der Waals surface area contributed by atoms with Crippen LogP contribution in [-0.2, 0) is 4.74 Å². The molecule has 2 rings (SSSR count). The Morgan fingerprint density at radius 1 is 1.78 bits per heavy atom. The number of hydrogen-bond donors (Lipinski definition) is 2. The summed E-state index contributed by atoms with van der Waals surface area (Å²) in [6.45, 7) is 0.968. The van der Waals surface area contributed by atoms with Crippen molar-refractivity contribution in [1.82, 2.24) is 0 Å². The Hall–Kier alpha value is -1.19. The Labute approximate surface area is 52.5 Å². The number of hydrogen-bond acceptors (Lipinski definition) is 2. The summed E-state index contributed by atoms with van der Waals surface area (Å²) >= 11 is 0. The van der Waals surface area contributed by atoms with E-state index >= 15 is 0 Å². The Morgan fingerprint density at radius 3 is 2.22 bits per heavy atom. The maximum atomic E-state index is 9.00. The minimum Gasteiger partial charge on any atom is -0.496 e. The van der Waals surface area contributed by atoms with E-state index in [1.807, 2.05) is 0 Å². The maximum Gasteiger partial charge on any atom is 0.309 e. The molecule has 0 aromatic rings. The summed E-state index contributed by atoms with van der Waals surface area (Å²) < 4.78 is 4.87. The van der Waals surface area contributed by atoms with Gasteiger partial charge >= 0.3 is 6.03 Å². The lowest BCUT2D eigenvalue weighted by molar-refractivity contribution is 0.126. The van der Waals surface area contributed by atoms with Gasteiger partial charge in [0.2, 0.25) is 0 Å². The predicted octanol–water partition coefficient (Wildman–Crippen LogP) is -0.446. The predicted molar refractivity (Wildman–Crippen MR) is 31.3 cm³/mol. The molecule has 0 spiro atoms. The van der Waals surface area contributed by atoms with Crippen LogP contribution < -0.4 is 11.5 Å². The highest BCUT2D eigenvalue weighted by Gasteiger charge is 2.36. The minimum absolute atomic E-state index is 0.801. The fraction of sp³-hybridized carbons (Fsp3) is 0.400. The fourth-order valence-corrected chi connectivity index (χ4v) is 0.522. The summed E-state index contributed by atoms with van der Waals surface area (Å²) in [5.41, 5.74) is 8.50. The molecule has 9 heavy (non-hydrogen) atoms. The van der Waals surface area contributed by atoms with Crippen molar-refractivity contribution in [3.63, 3.8) is 0 Å². The number of fused-ring (bicyclic) bond motifs is 1. The van der Waals surface area contributed by atoms with Gasteiger partial charge in [-0.1, -0.05) is 0 Å². The highest BCUT2D eigenvalue weighted by molar-refractivity contribution is 5.69. The molecule has 0 bridgehead atoms. The summed E-state index contributed by atoms with van der Waals surface area (Å²) in [5.74, 6) is 2.03. The van der Waals surface area contributed by atoms with Crippen LogP contribution in [0.5, 0.6) is 0 Å². The van der Waals surface area contributed by atoms with Gasteiger partial charge in [0.1, 0.15) is 12.4 Å². The van der Waals surface area contributed by atoms with Gasteiger partial charge in [-0.25, -0.2) is 4.79 Å². The van der Waals surface area contributed by atoms with E-state index in [1.54, 1.807) is 0 Å². The van der Waals surface area contributed by atoms with Gasteiger partial charge in [-0.05, 0) is 6.08 Å². The first kappa shape index (κ1) is 5.94. The quantitative estimate of drug-likeness (QED) is 0.463. The van der Waals surface area contributed by atoms with E-state index in [0.717, 1.165) is 12.5 Å². The Kier molecular flexibility index (Phi) is 1.30. The molecule has 0 aromatic heterocycles. The van der Waals surface area contributed by atoms with Crippen LogP contribution in [-0.4, -0.2) is 12.6 Å². The van der Waals surface area contributed by atoms with Gasteiger partial charge < -0.3 is 16.2 Å². The normalized spacial score (nSPS) is 24.9. The lowest BCUT2D eigenvalue weighted by Gasteiger charge is -2.09. The second-order valence-corrected chi connectivity index (χ2v) is 1.89. The van der Waals surface area contributed by atoms with Gasteiger partial charge in [-0.2, -0.15) is 0 Å². The molecule has 4 N–H and O–H groups in total. The van der Waals surface area contributed by atoms with Gasteiger partial charge in [-0.15, -0.1) is 0 Å². The third-order valence-corrected chi connectivity index (χ3v) is 1.05. The van der Waals surface area contributed by atoms with Gasteiger partial charge in [-0.3, -0.25) is 0 Å². The zero-order valence-corrected chi connectivity index (χ0v) is 4.83. The maximum absolute atomic E-state index is 9.00. The zero-order chi connectivity index (χ0) is 6.85. The largest absolute Gasteiger partial charge is 0.496 e. The average Bonchev–Trinajstić information content (AvgIpc) is 2.10. The number of amides is 2. The number of primary amides is 2. The molecule has 4 heteroatoms. The number of urea groups is 1. The molecule has 0 saturated carbocycles.